The lowest BCUT2D eigenvalue weighted by atomic mass is 10.2. The van der Waals surface area contributed by atoms with Crippen LogP contribution in [0, 0.1) is 0 Å². The van der Waals surface area contributed by atoms with Crippen molar-refractivity contribution in [1.82, 2.24) is 9.55 Å². The molecule has 0 radical (unpaired) electrons. The number of hydrogen-bond donors (Lipinski definition) is 2. The maximum absolute atomic E-state index is 10.8. The van der Waals surface area contributed by atoms with E-state index in [0.29, 0.717) is 12.8 Å². The third-order valence-corrected chi connectivity index (χ3v) is 4.56. The Kier molecular flexibility index (Phi) is 7.66. The van der Waals surface area contributed by atoms with Crippen molar-refractivity contribution in [3.63, 3.8) is 0 Å². The van der Waals surface area contributed by atoms with Gasteiger partial charge in [-0.3, -0.25) is 9.11 Å². The Balaban J connectivity index is 0.000000515. The number of nitrogens with zero attached hydrogens (tertiary/aromatic N) is 2. The molecular formula is C10H17F3N2O6S2. The SMILES string of the molecule is CCn1ccnc1CCC(C)S(=O)(=O)O.O=S(=O)(O)C(F)(F)F. The van der Waals surface area contributed by atoms with Crippen LogP contribution < -0.4 is 0 Å². The molecule has 8 nitrogen and oxygen atoms in total. The molecule has 0 fully saturated rings. The van der Waals surface area contributed by atoms with E-state index in [-0.39, 0.29) is 0 Å². The van der Waals surface area contributed by atoms with Gasteiger partial charge in [0.05, 0.1) is 5.25 Å². The summed E-state index contributed by atoms with van der Waals surface area (Å²) in [7, 11) is -9.75. The van der Waals surface area contributed by atoms with Crippen LogP contribution in [0.25, 0.3) is 0 Å². The smallest absolute Gasteiger partial charge is 0.335 e. The zero-order valence-corrected chi connectivity index (χ0v) is 13.9. The Bertz CT molecular complexity index is 696. The molecule has 0 aliphatic carbocycles. The molecule has 0 spiro atoms. The van der Waals surface area contributed by atoms with E-state index >= 15 is 0 Å². The first-order valence-electron chi connectivity index (χ1n) is 6.20. The predicted molar refractivity (Wildman–Crippen MR) is 74.8 cm³/mol. The van der Waals surface area contributed by atoms with Crippen molar-refractivity contribution in [2.75, 3.05) is 0 Å². The van der Waals surface area contributed by atoms with Gasteiger partial charge in [-0.05, 0) is 20.3 Å². The zero-order valence-electron chi connectivity index (χ0n) is 12.2. The molecule has 0 aliphatic rings. The highest BCUT2D eigenvalue weighted by molar-refractivity contribution is 7.86. The van der Waals surface area contributed by atoms with Gasteiger partial charge in [-0.2, -0.15) is 30.0 Å². The van der Waals surface area contributed by atoms with E-state index in [1.54, 1.807) is 6.20 Å². The van der Waals surface area contributed by atoms with Crippen LogP contribution >= 0.6 is 0 Å². The minimum Gasteiger partial charge on any atom is -0.335 e. The van der Waals surface area contributed by atoms with E-state index in [4.69, 9.17) is 17.5 Å². The minimum absolute atomic E-state index is 0.385. The van der Waals surface area contributed by atoms with Crippen LogP contribution in [0.3, 0.4) is 0 Å². The number of aryl methyl sites for hydroxylation is 2. The van der Waals surface area contributed by atoms with E-state index < -0.39 is 31.0 Å². The molecule has 0 bridgehead atoms. The third-order valence-electron chi connectivity index (χ3n) is 2.72. The van der Waals surface area contributed by atoms with Crippen molar-refractivity contribution < 1.29 is 39.1 Å². The van der Waals surface area contributed by atoms with E-state index in [1.807, 2.05) is 17.7 Å². The van der Waals surface area contributed by atoms with Crippen molar-refractivity contribution in [2.24, 2.45) is 0 Å². The highest BCUT2D eigenvalue weighted by Gasteiger charge is 2.44. The summed E-state index contributed by atoms with van der Waals surface area (Å²) < 4.78 is 89.8. The summed E-state index contributed by atoms with van der Waals surface area (Å²) in [6.45, 7) is 4.31. The monoisotopic (exact) mass is 382 g/mol. The van der Waals surface area contributed by atoms with Crippen molar-refractivity contribution >= 4 is 20.2 Å². The number of alkyl halides is 3. The summed E-state index contributed by atoms with van der Waals surface area (Å²) in [5, 5.41) is -0.737. The van der Waals surface area contributed by atoms with Crippen molar-refractivity contribution in [1.29, 1.82) is 0 Å². The van der Waals surface area contributed by atoms with Gasteiger partial charge in [0.15, 0.2) is 0 Å². The molecule has 1 aromatic heterocycles. The maximum Gasteiger partial charge on any atom is 0.522 e. The molecule has 136 valence electrons. The first kappa shape index (κ1) is 21.8. The number of aromatic nitrogens is 2. The third kappa shape index (κ3) is 7.76. The van der Waals surface area contributed by atoms with Gasteiger partial charge in [-0.1, -0.05) is 0 Å². The molecule has 0 saturated carbocycles. The largest absolute Gasteiger partial charge is 0.522 e. The van der Waals surface area contributed by atoms with Gasteiger partial charge in [-0.15, -0.1) is 0 Å². The second-order valence-electron chi connectivity index (χ2n) is 4.41. The zero-order chi connectivity index (χ0) is 18.5. The first-order valence-corrected chi connectivity index (χ1v) is 9.14. The molecule has 0 aromatic carbocycles. The molecule has 23 heavy (non-hydrogen) atoms. The van der Waals surface area contributed by atoms with Crippen LogP contribution in [-0.2, 0) is 33.2 Å². The molecule has 1 unspecified atom stereocenters. The summed E-state index contributed by atoms with van der Waals surface area (Å²) in [4.78, 5) is 4.13. The minimum atomic E-state index is -5.84. The molecule has 1 aromatic rings. The van der Waals surface area contributed by atoms with E-state index in [2.05, 4.69) is 4.98 Å². The normalized spacial score (nSPS) is 14.0. The van der Waals surface area contributed by atoms with Gasteiger partial charge < -0.3 is 4.57 Å². The summed E-state index contributed by atoms with van der Waals surface area (Å²) >= 11 is 0. The molecule has 0 aliphatic heterocycles. The summed E-state index contributed by atoms with van der Waals surface area (Å²) in [5.74, 6) is 0.855. The quantitative estimate of drug-likeness (QED) is 0.584. The van der Waals surface area contributed by atoms with Crippen LogP contribution in [-0.4, -0.2) is 46.3 Å². The fraction of sp³-hybridized carbons (Fsp3) is 0.700. The highest BCUT2D eigenvalue weighted by Crippen LogP contribution is 2.20. The van der Waals surface area contributed by atoms with Gasteiger partial charge in [0.25, 0.3) is 10.1 Å². The molecule has 13 heteroatoms. The molecule has 1 atom stereocenters. The highest BCUT2D eigenvalue weighted by atomic mass is 32.2. The van der Waals surface area contributed by atoms with Crippen LogP contribution in [0.4, 0.5) is 13.2 Å². The topological polar surface area (TPSA) is 127 Å². The van der Waals surface area contributed by atoms with Crippen molar-refractivity contribution in [3.8, 4) is 0 Å². The van der Waals surface area contributed by atoms with Gasteiger partial charge in [0, 0.05) is 25.4 Å². The van der Waals surface area contributed by atoms with Gasteiger partial charge in [0.1, 0.15) is 5.82 Å². The second kappa shape index (κ2) is 8.08. The summed E-state index contributed by atoms with van der Waals surface area (Å²) in [5.41, 5.74) is -5.53. The second-order valence-corrected chi connectivity index (χ2v) is 7.66. The lowest BCUT2D eigenvalue weighted by molar-refractivity contribution is -0.0510. The Labute approximate surface area is 131 Å². The summed E-state index contributed by atoms with van der Waals surface area (Å²) in [6, 6.07) is 0. The van der Waals surface area contributed by atoms with Crippen molar-refractivity contribution in [2.45, 2.75) is 44.0 Å². The molecule has 1 heterocycles. The predicted octanol–water partition coefficient (Wildman–Crippen LogP) is 1.51. The van der Waals surface area contributed by atoms with Gasteiger partial charge >= 0.3 is 15.6 Å². The molecule has 0 saturated heterocycles. The Morgan fingerprint density at radius 2 is 1.74 bits per heavy atom. The Hall–Kier alpha value is -1.18. The fourth-order valence-electron chi connectivity index (χ4n) is 1.34. The van der Waals surface area contributed by atoms with Crippen molar-refractivity contribution in [3.05, 3.63) is 18.2 Å². The Morgan fingerprint density at radius 1 is 1.26 bits per heavy atom. The lowest BCUT2D eigenvalue weighted by Gasteiger charge is -2.08. The van der Waals surface area contributed by atoms with Crippen LogP contribution in [0.1, 0.15) is 26.1 Å². The first-order chi connectivity index (χ1) is 10.2. The van der Waals surface area contributed by atoms with Gasteiger partial charge in [0.2, 0.25) is 0 Å². The average molecular weight is 382 g/mol. The molecular weight excluding hydrogens is 365 g/mol. The number of hydrogen-bond acceptors (Lipinski definition) is 5. The maximum atomic E-state index is 10.8. The number of rotatable bonds is 5. The van der Waals surface area contributed by atoms with E-state index in [9.17, 15) is 21.6 Å². The number of imidazole rings is 1. The average Bonchev–Trinajstić information content (AvgIpc) is 2.80. The van der Waals surface area contributed by atoms with Gasteiger partial charge in [-0.25, -0.2) is 4.98 Å². The van der Waals surface area contributed by atoms with Crippen LogP contribution in [0.2, 0.25) is 0 Å². The number of halogens is 3. The fourth-order valence-corrected chi connectivity index (χ4v) is 1.75. The van der Waals surface area contributed by atoms with Crippen LogP contribution in [0.15, 0.2) is 12.4 Å². The summed E-state index contributed by atoms with van der Waals surface area (Å²) in [6.07, 6.45) is 4.49. The molecule has 0 amide bonds. The molecule has 2 N–H and O–H groups in total. The lowest BCUT2D eigenvalue weighted by Crippen LogP contribution is -2.21. The Morgan fingerprint density at radius 3 is 2.09 bits per heavy atom. The van der Waals surface area contributed by atoms with Crippen LogP contribution in [0.5, 0.6) is 0 Å². The molecule has 1 rings (SSSR count). The van der Waals surface area contributed by atoms with E-state index in [1.165, 1.54) is 6.92 Å². The van der Waals surface area contributed by atoms with E-state index in [0.717, 1.165) is 12.4 Å². The standard InChI is InChI=1S/C9H16N2O3S.CHF3O3S/c1-3-11-7-6-10-9(11)5-4-8(2)15(12,13)14;2-1(3,4)8(5,6)7/h6-8H,3-5H2,1-2H3,(H,12,13,14);(H,5,6,7).